The first-order chi connectivity index (χ1) is 9.34. The minimum atomic E-state index is 0.300. The van der Waals surface area contributed by atoms with Crippen molar-refractivity contribution in [1.29, 1.82) is 0 Å². The van der Waals surface area contributed by atoms with E-state index in [0.717, 1.165) is 12.0 Å². The fourth-order valence-corrected chi connectivity index (χ4v) is 1.23. The third kappa shape index (κ3) is 8.11. The Morgan fingerprint density at radius 2 is 1.75 bits per heavy atom. The molecule has 0 aliphatic heterocycles. The van der Waals surface area contributed by atoms with E-state index < -0.39 is 0 Å². The van der Waals surface area contributed by atoms with Gasteiger partial charge in [0.1, 0.15) is 0 Å². The zero-order valence-electron chi connectivity index (χ0n) is 12.3. The predicted molar refractivity (Wildman–Crippen MR) is 77.9 cm³/mol. The Hall–Kier alpha value is -2.06. The number of hydrogen-bond donors (Lipinski definition) is 1. The zero-order valence-corrected chi connectivity index (χ0v) is 12.3. The molecule has 1 N–H and O–H groups in total. The summed E-state index contributed by atoms with van der Waals surface area (Å²) in [6.07, 6.45) is 3.73. The summed E-state index contributed by atoms with van der Waals surface area (Å²) in [5.41, 5.74) is 2.02. The smallest absolute Gasteiger partial charge is 0.240 e. The van der Waals surface area contributed by atoms with Crippen LogP contribution < -0.4 is 0 Å². The molecule has 20 heavy (non-hydrogen) atoms. The van der Waals surface area contributed by atoms with Crippen molar-refractivity contribution in [2.45, 2.75) is 34.1 Å². The quantitative estimate of drug-likeness (QED) is 0.679. The van der Waals surface area contributed by atoms with Gasteiger partial charge in [0.05, 0.1) is 11.4 Å². The Balaban J connectivity index is 0.000000441. The molecule has 5 nitrogen and oxygen atoms in total. The Kier molecular flexibility index (Phi) is 8.02. The predicted octanol–water partition coefficient (Wildman–Crippen LogP) is 3.34. The molecule has 108 valence electrons. The summed E-state index contributed by atoms with van der Waals surface area (Å²) in [7, 11) is 0. The van der Waals surface area contributed by atoms with E-state index in [1.54, 1.807) is 19.1 Å². The van der Waals surface area contributed by atoms with Crippen LogP contribution in [0.1, 0.15) is 32.8 Å². The van der Waals surface area contributed by atoms with E-state index in [4.69, 9.17) is 5.11 Å². The summed E-state index contributed by atoms with van der Waals surface area (Å²) >= 11 is 0. The number of isocyanates is 2. The molecule has 0 unspecified atom stereocenters. The number of nitrogens with zero attached hydrogens (tertiary/aromatic N) is 2. The molecule has 0 aromatic heterocycles. The maximum atomic E-state index is 10.00. The second-order valence-electron chi connectivity index (χ2n) is 5.41. The maximum Gasteiger partial charge on any atom is 0.240 e. The normalized spacial score (nSPS) is 9.65. The molecule has 0 atom stereocenters. The van der Waals surface area contributed by atoms with E-state index in [2.05, 4.69) is 30.8 Å². The third-order valence-corrected chi connectivity index (χ3v) is 2.40. The van der Waals surface area contributed by atoms with Crippen LogP contribution in [0.5, 0.6) is 0 Å². The van der Waals surface area contributed by atoms with Crippen molar-refractivity contribution in [3.8, 4) is 0 Å². The minimum Gasteiger partial charge on any atom is -0.396 e. The number of carbonyl (C=O) groups excluding carboxylic acids is 2. The molecule has 0 aliphatic carbocycles. The summed E-state index contributed by atoms with van der Waals surface area (Å²) in [5, 5.41) is 8.40. The van der Waals surface area contributed by atoms with Gasteiger partial charge in [-0.25, -0.2) is 9.59 Å². The van der Waals surface area contributed by atoms with Gasteiger partial charge in [-0.05, 0) is 36.5 Å². The lowest BCUT2D eigenvalue weighted by molar-refractivity contribution is 0.225. The molecule has 0 amide bonds. The van der Waals surface area contributed by atoms with Crippen molar-refractivity contribution in [3.05, 3.63) is 23.8 Å². The number of hydrogen-bond acceptors (Lipinski definition) is 5. The van der Waals surface area contributed by atoms with Gasteiger partial charge < -0.3 is 5.11 Å². The fraction of sp³-hybridized carbons (Fsp3) is 0.467. The van der Waals surface area contributed by atoms with E-state index in [9.17, 15) is 9.59 Å². The molecule has 1 rings (SSSR count). The third-order valence-electron chi connectivity index (χ3n) is 2.40. The molecular formula is C15H20N2O3. The molecule has 1 aromatic rings. The number of aliphatic hydroxyl groups is 1. The SMILES string of the molecule is CC(C)(C)CCO.Cc1ccc(N=C=O)cc1N=C=O. The average molecular weight is 276 g/mol. The van der Waals surface area contributed by atoms with E-state index in [-0.39, 0.29) is 0 Å². The zero-order chi connectivity index (χ0) is 15.6. The minimum absolute atomic E-state index is 0.300. The lowest BCUT2D eigenvalue weighted by Gasteiger charge is -2.14. The molecule has 1 aromatic carbocycles. The van der Waals surface area contributed by atoms with Gasteiger partial charge in [-0.1, -0.05) is 26.8 Å². The summed E-state index contributed by atoms with van der Waals surface area (Å²) in [6.45, 7) is 8.45. The number of benzene rings is 1. The monoisotopic (exact) mass is 276 g/mol. The number of aliphatic imine (C=N–C) groups is 2. The molecule has 0 fully saturated rings. The van der Waals surface area contributed by atoms with Crippen LogP contribution in [0.2, 0.25) is 0 Å². The highest BCUT2D eigenvalue weighted by atomic mass is 16.3. The average Bonchev–Trinajstić information content (AvgIpc) is 2.33. The summed E-state index contributed by atoms with van der Waals surface area (Å²) in [5.74, 6) is 0. The van der Waals surface area contributed by atoms with Crippen molar-refractivity contribution in [2.75, 3.05) is 6.61 Å². The van der Waals surface area contributed by atoms with E-state index in [1.807, 2.05) is 0 Å². The second kappa shape index (κ2) is 8.94. The first kappa shape index (κ1) is 17.9. The van der Waals surface area contributed by atoms with Crippen LogP contribution in [0.4, 0.5) is 11.4 Å². The van der Waals surface area contributed by atoms with Crippen LogP contribution in [-0.4, -0.2) is 23.9 Å². The van der Waals surface area contributed by atoms with E-state index >= 15 is 0 Å². The highest BCUT2D eigenvalue weighted by Gasteiger charge is 2.06. The molecule has 0 bridgehead atoms. The molecule has 0 saturated carbocycles. The van der Waals surface area contributed by atoms with Crippen LogP contribution in [0.3, 0.4) is 0 Å². The second-order valence-corrected chi connectivity index (χ2v) is 5.41. The summed E-state index contributed by atoms with van der Waals surface area (Å²) in [4.78, 5) is 26.8. The highest BCUT2D eigenvalue weighted by Crippen LogP contribution is 2.23. The van der Waals surface area contributed by atoms with Gasteiger partial charge in [-0.15, -0.1) is 0 Å². The summed E-state index contributed by atoms with van der Waals surface area (Å²) < 4.78 is 0. The van der Waals surface area contributed by atoms with Gasteiger partial charge >= 0.3 is 0 Å². The topological polar surface area (TPSA) is 79.1 Å². The van der Waals surface area contributed by atoms with Gasteiger partial charge in [0, 0.05) is 6.61 Å². The van der Waals surface area contributed by atoms with Crippen LogP contribution in [0.25, 0.3) is 0 Å². The van der Waals surface area contributed by atoms with Gasteiger partial charge in [0.2, 0.25) is 12.2 Å². The van der Waals surface area contributed by atoms with Crippen LogP contribution >= 0.6 is 0 Å². The van der Waals surface area contributed by atoms with Gasteiger partial charge in [-0.3, -0.25) is 0 Å². The number of aliphatic hydroxyl groups excluding tert-OH is 1. The molecule has 5 heteroatoms. The van der Waals surface area contributed by atoms with Gasteiger partial charge in [0.15, 0.2) is 0 Å². The Morgan fingerprint density at radius 3 is 2.15 bits per heavy atom. The van der Waals surface area contributed by atoms with Crippen molar-refractivity contribution < 1.29 is 14.7 Å². The largest absolute Gasteiger partial charge is 0.396 e. The van der Waals surface area contributed by atoms with E-state index in [1.165, 1.54) is 18.2 Å². The first-order valence-electron chi connectivity index (χ1n) is 6.21. The first-order valence-corrected chi connectivity index (χ1v) is 6.21. The Morgan fingerprint density at radius 1 is 1.15 bits per heavy atom. The van der Waals surface area contributed by atoms with Crippen molar-refractivity contribution >= 4 is 23.5 Å². The van der Waals surface area contributed by atoms with E-state index in [0.29, 0.717) is 23.4 Å². The lowest BCUT2D eigenvalue weighted by atomic mass is 9.93. The van der Waals surface area contributed by atoms with Gasteiger partial charge in [0.25, 0.3) is 0 Å². The summed E-state index contributed by atoms with van der Waals surface area (Å²) in [6, 6.07) is 4.88. The Bertz CT molecular complexity index is 520. The van der Waals surface area contributed by atoms with Crippen molar-refractivity contribution in [2.24, 2.45) is 15.4 Å². The Labute approximate surface area is 119 Å². The lowest BCUT2D eigenvalue weighted by Crippen LogP contribution is -2.06. The maximum absolute atomic E-state index is 10.00. The molecule has 0 saturated heterocycles. The number of rotatable bonds is 3. The number of aryl methyl sites for hydroxylation is 1. The van der Waals surface area contributed by atoms with Gasteiger partial charge in [-0.2, -0.15) is 9.98 Å². The fourth-order valence-electron chi connectivity index (χ4n) is 1.23. The standard InChI is InChI=1S/C9H6N2O2.C6H14O/c1-7-2-3-8(10-5-12)4-9(7)11-6-13;1-6(2,3)4-5-7/h2-4H,1H3;7H,4-5H2,1-3H3. The highest BCUT2D eigenvalue weighted by molar-refractivity contribution is 5.61. The molecule has 0 spiro atoms. The molecule has 0 aliphatic rings. The van der Waals surface area contributed by atoms with Crippen molar-refractivity contribution in [3.63, 3.8) is 0 Å². The van der Waals surface area contributed by atoms with Crippen LogP contribution in [-0.2, 0) is 9.59 Å². The molecule has 0 heterocycles. The molecule has 0 radical (unpaired) electrons. The van der Waals surface area contributed by atoms with Crippen LogP contribution in [0.15, 0.2) is 28.2 Å². The van der Waals surface area contributed by atoms with Crippen LogP contribution in [0, 0.1) is 12.3 Å². The van der Waals surface area contributed by atoms with Crippen molar-refractivity contribution in [1.82, 2.24) is 0 Å². The molecular weight excluding hydrogens is 256 g/mol.